The molecule has 0 atom stereocenters. The molecule has 6 heteroatoms. The van der Waals surface area contributed by atoms with E-state index in [2.05, 4.69) is 9.97 Å². The van der Waals surface area contributed by atoms with Gasteiger partial charge < -0.3 is 4.90 Å². The average Bonchev–Trinajstić information content (AvgIpc) is 3.43. The summed E-state index contributed by atoms with van der Waals surface area (Å²) in [7, 11) is 0. The number of thiazole rings is 1. The van der Waals surface area contributed by atoms with Crippen LogP contribution in [0, 0.1) is 5.82 Å². The Morgan fingerprint density at radius 3 is 2.67 bits per heavy atom. The predicted molar refractivity (Wildman–Crippen MR) is 103 cm³/mol. The van der Waals surface area contributed by atoms with E-state index in [1.165, 1.54) is 12.1 Å². The molecule has 0 N–H and O–H groups in total. The second-order valence-electron chi connectivity index (χ2n) is 6.79. The van der Waals surface area contributed by atoms with Crippen LogP contribution in [0.4, 0.5) is 4.39 Å². The van der Waals surface area contributed by atoms with Gasteiger partial charge in [0.2, 0.25) is 5.91 Å². The Morgan fingerprint density at radius 2 is 1.96 bits per heavy atom. The van der Waals surface area contributed by atoms with E-state index < -0.39 is 0 Å². The zero-order valence-electron chi connectivity index (χ0n) is 14.8. The molecule has 4 rings (SSSR count). The van der Waals surface area contributed by atoms with Crippen molar-refractivity contribution in [2.24, 2.45) is 0 Å². The molecule has 1 aliphatic rings. The van der Waals surface area contributed by atoms with Gasteiger partial charge in [-0.3, -0.25) is 9.78 Å². The van der Waals surface area contributed by atoms with E-state index in [9.17, 15) is 9.18 Å². The van der Waals surface area contributed by atoms with Crippen molar-refractivity contribution in [3.8, 4) is 0 Å². The van der Waals surface area contributed by atoms with Crippen LogP contribution in [-0.4, -0.2) is 26.8 Å². The SMILES string of the molecule is O=C(Cc1csc(Cc2ccccn2)n1)N(Cc1ccc(F)cc1)C1CC1. The van der Waals surface area contributed by atoms with Gasteiger partial charge in [0.05, 0.1) is 17.1 Å². The standard InChI is InChI=1S/C21H20FN3OS/c22-16-6-4-15(5-7-16)13-25(19-8-9-19)21(26)12-18-14-27-20(24-18)11-17-3-1-2-10-23-17/h1-7,10,14,19H,8-9,11-13H2. The molecule has 0 aliphatic heterocycles. The molecule has 0 unspecified atom stereocenters. The van der Waals surface area contributed by atoms with Crippen LogP contribution < -0.4 is 0 Å². The first-order valence-corrected chi connectivity index (χ1v) is 9.92. The smallest absolute Gasteiger partial charge is 0.229 e. The van der Waals surface area contributed by atoms with Gasteiger partial charge in [-0.1, -0.05) is 18.2 Å². The lowest BCUT2D eigenvalue weighted by atomic mass is 10.2. The van der Waals surface area contributed by atoms with Crippen LogP contribution in [0.3, 0.4) is 0 Å². The monoisotopic (exact) mass is 381 g/mol. The fourth-order valence-electron chi connectivity index (χ4n) is 3.02. The Bertz CT molecular complexity index is 907. The van der Waals surface area contributed by atoms with E-state index in [1.54, 1.807) is 29.7 Å². The van der Waals surface area contributed by atoms with Gasteiger partial charge in [-0.05, 0) is 42.7 Å². The minimum atomic E-state index is -0.258. The Balaban J connectivity index is 1.40. The summed E-state index contributed by atoms with van der Waals surface area (Å²) >= 11 is 1.56. The molecule has 1 aliphatic carbocycles. The summed E-state index contributed by atoms with van der Waals surface area (Å²) in [4.78, 5) is 23.7. The van der Waals surface area contributed by atoms with E-state index in [0.717, 1.165) is 34.8 Å². The first kappa shape index (κ1) is 17.8. The molecule has 0 radical (unpaired) electrons. The summed E-state index contributed by atoms with van der Waals surface area (Å²) in [5, 5.41) is 2.92. The summed E-state index contributed by atoms with van der Waals surface area (Å²) in [6, 6.07) is 12.5. The molecule has 1 amide bonds. The number of carbonyl (C=O) groups is 1. The van der Waals surface area contributed by atoms with Crippen LogP contribution in [0.5, 0.6) is 0 Å². The van der Waals surface area contributed by atoms with E-state index in [0.29, 0.717) is 25.4 Å². The number of carbonyl (C=O) groups excluding carboxylic acids is 1. The quantitative estimate of drug-likeness (QED) is 0.621. The summed E-state index contributed by atoms with van der Waals surface area (Å²) in [5.41, 5.74) is 2.73. The molecule has 4 nitrogen and oxygen atoms in total. The van der Waals surface area contributed by atoms with Gasteiger partial charge in [0.25, 0.3) is 0 Å². The third kappa shape index (κ3) is 4.77. The molecule has 1 aromatic carbocycles. The maximum Gasteiger partial charge on any atom is 0.229 e. The predicted octanol–water partition coefficient (Wildman–Crippen LogP) is 4.00. The van der Waals surface area contributed by atoms with Crippen molar-refractivity contribution < 1.29 is 9.18 Å². The van der Waals surface area contributed by atoms with Gasteiger partial charge in [0, 0.05) is 36.3 Å². The molecule has 138 valence electrons. The minimum absolute atomic E-state index is 0.0801. The van der Waals surface area contributed by atoms with Gasteiger partial charge in [-0.2, -0.15) is 0 Å². The number of nitrogens with zero attached hydrogens (tertiary/aromatic N) is 3. The number of amides is 1. The number of hydrogen-bond donors (Lipinski definition) is 0. The zero-order valence-corrected chi connectivity index (χ0v) is 15.7. The van der Waals surface area contributed by atoms with Crippen molar-refractivity contribution in [3.05, 3.63) is 81.8 Å². The highest BCUT2D eigenvalue weighted by molar-refractivity contribution is 7.09. The van der Waals surface area contributed by atoms with E-state index in [4.69, 9.17) is 0 Å². The molecule has 0 saturated heterocycles. The molecule has 0 spiro atoms. The van der Waals surface area contributed by atoms with Gasteiger partial charge in [0.1, 0.15) is 5.82 Å². The van der Waals surface area contributed by atoms with Gasteiger partial charge in [0.15, 0.2) is 0 Å². The summed E-state index contributed by atoms with van der Waals surface area (Å²) in [5.74, 6) is -0.178. The van der Waals surface area contributed by atoms with Crippen molar-refractivity contribution in [3.63, 3.8) is 0 Å². The van der Waals surface area contributed by atoms with Gasteiger partial charge in [-0.25, -0.2) is 9.37 Å². The largest absolute Gasteiger partial charge is 0.335 e. The van der Waals surface area contributed by atoms with Crippen molar-refractivity contribution in [2.45, 2.75) is 38.3 Å². The molecule has 1 saturated carbocycles. The van der Waals surface area contributed by atoms with E-state index in [-0.39, 0.29) is 11.7 Å². The highest BCUT2D eigenvalue weighted by Gasteiger charge is 2.32. The highest BCUT2D eigenvalue weighted by Crippen LogP contribution is 2.29. The Morgan fingerprint density at radius 1 is 1.15 bits per heavy atom. The molecule has 1 fully saturated rings. The second kappa shape index (κ2) is 7.96. The minimum Gasteiger partial charge on any atom is -0.335 e. The van der Waals surface area contributed by atoms with Crippen molar-refractivity contribution in [2.75, 3.05) is 0 Å². The molecule has 2 heterocycles. The normalized spacial score (nSPS) is 13.5. The van der Waals surface area contributed by atoms with Crippen molar-refractivity contribution >= 4 is 17.2 Å². The maximum atomic E-state index is 13.1. The van der Waals surface area contributed by atoms with Crippen LogP contribution in [0.1, 0.15) is 34.8 Å². The van der Waals surface area contributed by atoms with Crippen molar-refractivity contribution in [1.29, 1.82) is 0 Å². The van der Waals surface area contributed by atoms with Crippen LogP contribution in [0.25, 0.3) is 0 Å². The Hall–Kier alpha value is -2.60. The third-order valence-electron chi connectivity index (χ3n) is 4.56. The Labute approximate surface area is 161 Å². The lowest BCUT2D eigenvalue weighted by Crippen LogP contribution is -2.33. The number of aromatic nitrogens is 2. The van der Waals surface area contributed by atoms with E-state index >= 15 is 0 Å². The van der Waals surface area contributed by atoms with Crippen LogP contribution in [0.15, 0.2) is 54.0 Å². The Kier molecular flexibility index (Phi) is 5.25. The first-order valence-electron chi connectivity index (χ1n) is 9.04. The number of pyridine rings is 1. The fourth-order valence-corrected chi connectivity index (χ4v) is 3.83. The van der Waals surface area contributed by atoms with Gasteiger partial charge in [-0.15, -0.1) is 11.3 Å². The first-order chi connectivity index (χ1) is 13.2. The summed E-state index contributed by atoms with van der Waals surface area (Å²) in [6.45, 7) is 0.523. The van der Waals surface area contributed by atoms with E-state index in [1.807, 2.05) is 28.5 Å². The fraction of sp³-hybridized carbons (Fsp3) is 0.286. The number of hydrogen-bond acceptors (Lipinski definition) is 4. The van der Waals surface area contributed by atoms with Crippen LogP contribution in [0.2, 0.25) is 0 Å². The van der Waals surface area contributed by atoms with Crippen molar-refractivity contribution in [1.82, 2.24) is 14.9 Å². The highest BCUT2D eigenvalue weighted by atomic mass is 32.1. The molecular weight excluding hydrogens is 361 g/mol. The molecule has 3 aromatic rings. The topological polar surface area (TPSA) is 46.1 Å². The number of halogens is 1. The van der Waals surface area contributed by atoms with Gasteiger partial charge >= 0.3 is 0 Å². The van der Waals surface area contributed by atoms with Crippen LogP contribution >= 0.6 is 11.3 Å². The molecular formula is C21H20FN3OS. The summed E-state index contributed by atoms with van der Waals surface area (Å²) in [6.07, 6.45) is 4.83. The van der Waals surface area contributed by atoms with Crippen LogP contribution in [-0.2, 0) is 24.2 Å². The second-order valence-corrected chi connectivity index (χ2v) is 7.73. The maximum absolute atomic E-state index is 13.1. The lowest BCUT2D eigenvalue weighted by Gasteiger charge is -2.22. The number of rotatable bonds is 7. The molecule has 2 aromatic heterocycles. The third-order valence-corrected chi connectivity index (χ3v) is 5.46. The molecule has 27 heavy (non-hydrogen) atoms. The number of benzene rings is 1. The zero-order chi connectivity index (χ0) is 18.6. The molecule has 0 bridgehead atoms. The summed E-state index contributed by atoms with van der Waals surface area (Å²) < 4.78 is 13.1. The lowest BCUT2D eigenvalue weighted by molar-refractivity contribution is -0.131. The average molecular weight is 381 g/mol.